The van der Waals surface area contributed by atoms with Crippen LogP contribution < -0.4 is 20.1 Å². The molecule has 2 amide bonds. The number of halogens is 1. The van der Waals surface area contributed by atoms with E-state index < -0.39 is 5.82 Å². The summed E-state index contributed by atoms with van der Waals surface area (Å²) in [6.45, 7) is 0.0312. The van der Waals surface area contributed by atoms with Gasteiger partial charge in [0.25, 0.3) is 5.91 Å². The topological polar surface area (TPSA) is 120 Å². The Morgan fingerprint density at radius 3 is 2.56 bits per heavy atom. The molecule has 4 rings (SSSR count). The van der Waals surface area contributed by atoms with Crippen molar-refractivity contribution in [2.24, 2.45) is 0 Å². The monoisotopic (exact) mass is 528 g/mol. The van der Waals surface area contributed by atoms with E-state index >= 15 is 0 Å². The highest BCUT2D eigenvalue weighted by Crippen LogP contribution is 2.28. The van der Waals surface area contributed by atoms with Crippen LogP contribution in [-0.4, -0.2) is 51.5 Å². The number of thioether (sulfide) groups is 1. The molecule has 36 heavy (non-hydrogen) atoms. The first-order chi connectivity index (χ1) is 17.5. The number of thiazole rings is 1. The first-order valence-electron chi connectivity index (χ1n) is 10.5. The number of carbonyl (C=O) groups excluding carboxylic acids is 2. The summed E-state index contributed by atoms with van der Waals surface area (Å²) >= 11 is 2.47. The summed E-state index contributed by atoms with van der Waals surface area (Å²) in [5.41, 5.74) is 0.952. The molecule has 10 nitrogen and oxygen atoms in total. The van der Waals surface area contributed by atoms with Gasteiger partial charge in [0.2, 0.25) is 5.91 Å². The summed E-state index contributed by atoms with van der Waals surface area (Å²) in [6.07, 6.45) is 1.60. The Kier molecular flexibility index (Phi) is 8.13. The van der Waals surface area contributed by atoms with Crippen molar-refractivity contribution in [3.8, 4) is 17.2 Å². The molecule has 0 spiro atoms. The van der Waals surface area contributed by atoms with Crippen LogP contribution in [0.2, 0.25) is 0 Å². The maximum Gasteiger partial charge on any atom is 0.251 e. The second kappa shape index (κ2) is 11.6. The highest BCUT2D eigenvalue weighted by atomic mass is 32.2. The third-order valence-corrected chi connectivity index (χ3v) is 6.47. The first-order valence-corrected chi connectivity index (χ1v) is 12.4. The zero-order valence-corrected chi connectivity index (χ0v) is 20.9. The van der Waals surface area contributed by atoms with E-state index in [2.05, 4.69) is 25.8 Å². The fourth-order valence-electron chi connectivity index (χ4n) is 3.17. The number of methoxy groups -OCH3 is 2. The average Bonchev–Trinajstić information content (AvgIpc) is 3.56. The molecule has 0 aliphatic rings. The Balaban J connectivity index is 1.51. The molecular weight excluding hydrogens is 507 g/mol. The molecule has 0 unspecified atom stereocenters. The van der Waals surface area contributed by atoms with E-state index in [0.29, 0.717) is 38.9 Å². The zero-order valence-electron chi connectivity index (χ0n) is 19.2. The summed E-state index contributed by atoms with van der Waals surface area (Å²) in [6, 6.07) is 10.6. The number of nitrogens with one attached hydrogen (secondary N) is 2. The lowest BCUT2D eigenvalue weighted by Crippen LogP contribution is -2.24. The van der Waals surface area contributed by atoms with Crippen LogP contribution in [0.25, 0.3) is 5.69 Å². The SMILES string of the molecule is COc1ccc(C(=O)NCc2nnc(SCC(=O)Nc3nccs3)n2-c2ccc(F)cc2)cc1OC. The molecule has 0 fully saturated rings. The Hall–Kier alpha value is -3.97. The van der Waals surface area contributed by atoms with Gasteiger partial charge in [-0.1, -0.05) is 11.8 Å². The minimum absolute atomic E-state index is 0.0312. The number of nitrogens with zero attached hydrogens (tertiary/aromatic N) is 4. The second-order valence-electron chi connectivity index (χ2n) is 7.14. The molecule has 2 heterocycles. The molecule has 0 aliphatic heterocycles. The fraction of sp³-hybridized carbons (Fsp3) is 0.174. The third kappa shape index (κ3) is 5.98. The molecule has 0 atom stereocenters. The number of anilines is 1. The van der Waals surface area contributed by atoms with Crippen molar-refractivity contribution in [2.75, 3.05) is 25.3 Å². The van der Waals surface area contributed by atoms with Crippen molar-refractivity contribution in [3.63, 3.8) is 0 Å². The molecule has 2 aromatic carbocycles. The standard InChI is InChI=1S/C23H21FN6O4S2/c1-33-17-8-3-14(11-18(17)34-2)21(32)26-12-19-28-29-23(30(19)16-6-4-15(24)5-7-16)36-13-20(31)27-22-25-9-10-35-22/h3-11H,12-13H2,1-2H3,(H,26,32)(H,25,27,31). The van der Waals surface area contributed by atoms with Gasteiger partial charge in [0.1, 0.15) is 5.82 Å². The van der Waals surface area contributed by atoms with Crippen LogP contribution in [0.4, 0.5) is 9.52 Å². The molecule has 2 N–H and O–H groups in total. The average molecular weight is 529 g/mol. The number of carbonyl (C=O) groups is 2. The molecule has 0 saturated heterocycles. The van der Waals surface area contributed by atoms with E-state index in [1.807, 2.05) is 0 Å². The number of benzene rings is 2. The van der Waals surface area contributed by atoms with Gasteiger partial charge in [0.15, 0.2) is 27.6 Å². The van der Waals surface area contributed by atoms with Crippen LogP contribution in [-0.2, 0) is 11.3 Å². The Bertz CT molecular complexity index is 1350. The maximum atomic E-state index is 13.5. The van der Waals surface area contributed by atoms with Gasteiger partial charge in [-0.25, -0.2) is 9.37 Å². The highest BCUT2D eigenvalue weighted by Gasteiger charge is 2.18. The molecule has 186 valence electrons. The molecule has 0 aliphatic carbocycles. The summed E-state index contributed by atoms with van der Waals surface area (Å²) in [4.78, 5) is 29.1. The molecule has 0 bridgehead atoms. The fourth-order valence-corrected chi connectivity index (χ4v) is 4.48. The first kappa shape index (κ1) is 25.1. The largest absolute Gasteiger partial charge is 0.493 e. The van der Waals surface area contributed by atoms with E-state index in [1.54, 1.807) is 46.5 Å². The minimum Gasteiger partial charge on any atom is -0.493 e. The van der Waals surface area contributed by atoms with Gasteiger partial charge in [0.05, 0.1) is 26.5 Å². The van der Waals surface area contributed by atoms with E-state index in [1.165, 1.54) is 37.7 Å². The number of ether oxygens (including phenoxy) is 2. The quantitative estimate of drug-likeness (QED) is 0.300. The summed E-state index contributed by atoms with van der Waals surface area (Å²) in [5.74, 6) is 0.371. The minimum atomic E-state index is -0.396. The molecule has 0 radical (unpaired) electrons. The molecule has 4 aromatic rings. The highest BCUT2D eigenvalue weighted by molar-refractivity contribution is 7.99. The Morgan fingerprint density at radius 1 is 1.08 bits per heavy atom. The van der Waals surface area contributed by atoms with Crippen molar-refractivity contribution >= 4 is 40.0 Å². The van der Waals surface area contributed by atoms with E-state index in [0.717, 1.165) is 11.8 Å². The van der Waals surface area contributed by atoms with Crippen molar-refractivity contribution < 1.29 is 23.5 Å². The number of hydrogen-bond donors (Lipinski definition) is 2. The van der Waals surface area contributed by atoms with Gasteiger partial charge >= 0.3 is 0 Å². The van der Waals surface area contributed by atoms with Crippen molar-refractivity contribution in [1.82, 2.24) is 25.1 Å². The third-order valence-electron chi connectivity index (χ3n) is 4.85. The van der Waals surface area contributed by atoms with Crippen LogP contribution in [0.1, 0.15) is 16.2 Å². The van der Waals surface area contributed by atoms with Gasteiger partial charge in [-0.05, 0) is 42.5 Å². The van der Waals surface area contributed by atoms with Crippen molar-refractivity contribution in [2.45, 2.75) is 11.7 Å². The van der Waals surface area contributed by atoms with Crippen LogP contribution in [0.3, 0.4) is 0 Å². The van der Waals surface area contributed by atoms with Gasteiger partial charge in [-0.15, -0.1) is 21.5 Å². The zero-order chi connectivity index (χ0) is 25.5. The molecule has 2 aromatic heterocycles. The molecular formula is C23H21FN6O4S2. The van der Waals surface area contributed by atoms with E-state index in [-0.39, 0.29) is 24.1 Å². The smallest absolute Gasteiger partial charge is 0.251 e. The summed E-state index contributed by atoms with van der Waals surface area (Å²) in [7, 11) is 3.00. The summed E-state index contributed by atoms with van der Waals surface area (Å²) in [5, 5.41) is 16.6. The normalized spacial score (nSPS) is 10.6. The number of hydrogen-bond acceptors (Lipinski definition) is 9. The number of aromatic nitrogens is 4. The van der Waals surface area contributed by atoms with E-state index in [4.69, 9.17) is 9.47 Å². The number of rotatable bonds is 10. The lowest BCUT2D eigenvalue weighted by molar-refractivity contribution is -0.113. The Labute approximate surface area is 213 Å². The second-order valence-corrected chi connectivity index (χ2v) is 8.97. The number of amides is 2. The summed E-state index contributed by atoms with van der Waals surface area (Å²) < 4.78 is 25.7. The maximum absolute atomic E-state index is 13.5. The molecule has 0 saturated carbocycles. The van der Waals surface area contributed by atoms with Gasteiger partial charge in [-0.2, -0.15) is 0 Å². The molecule has 13 heteroatoms. The van der Waals surface area contributed by atoms with Crippen molar-refractivity contribution in [1.29, 1.82) is 0 Å². The lowest BCUT2D eigenvalue weighted by Gasteiger charge is -2.12. The van der Waals surface area contributed by atoms with Gasteiger partial charge in [0, 0.05) is 22.8 Å². The van der Waals surface area contributed by atoms with Crippen LogP contribution >= 0.6 is 23.1 Å². The van der Waals surface area contributed by atoms with Crippen molar-refractivity contribution in [3.05, 3.63) is 71.2 Å². The Morgan fingerprint density at radius 2 is 1.86 bits per heavy atom. The van der Waals surface area contributed by atoms with Gasteiger partial charge < -0.3 is 20.1 Å². The van der Waals surface area contributed by atoms with Crippen LogP contribution in [0, 0.1) is 5.82 Å². The van der Waals surface area contributed by atoms with Crippen LogP contribution in [0.5, 0.6) is 11.5 Å². The lowest BCUT2D eigenvalue weighted by atomic mass is 10.2. The van der Waals surface area contributed by atoms with Crippen LogP contribution in [0.15, 0.2) is 59.2 Å². The van der Waals surface area contributed by atoms with Gasteiger partial charge in [-0.3, -0.25) is 14.2 Å². The predicted molar refractivity (Wildman–Crippen MR) is 134 cm³/mol. The predicted octanol–water partition coefficient (Wildman–Crippen LogP) is 3.54. The van der Waals surface area contributed by atoms with E-state index in [9.17, 15) is 14.0 Å².